The van der Waals surface area contributed by atoms with Gasteiger partial charge >= 0.3 is 5.97 Å². The van der Waals surface area contributed by atoms with Crippen molar-refractivity contribution in [1.82, 2.24) is 0 Å². The van der Waals surface area contributed by atoms with Crippen molar-refractivity contribution in [2.75, 3.05) is 0 Å². The standard InChI is InChI=1S/C11H15NO3/c1-7(11(2,12)10(14)15)8-3-5-9(13)6-4-8/h3-7,13H,12H2,1-2H3,(H,14,15)/t7-,11+/m1/s1. The SMILES string of the molecule is C[C@H](c1ccc(O)cc1)[C@](C)(N)C(=O)O. The van der Waals surface area contributed by atoms with Crippen LogP contribution in [0.5, 0.6) is 5.75 Å². The van der Waals surface area contributed by atoms with Crippen LogP contribution in [-0.2, 0) is 4.79 Å². The third kappa shape index (κ3) is 2.27. The van der Waals surface area contributed by atoms with Gasteiger partial charge in [0.25, 0.3) is 0 Å². The summed E-state index contributed by atoms with van der Waals surface area (Å²) >= 11 is 0. The molecule has 82 valence electrons. The quantitative estimate of drug-likeness (QED) is 0.700. The van der Waals surface area contributed by atoms with Crippen LogP contribution in [-0.4, -0.2) is 21.7 Å². The van der Waals surface area contributed by atoms with E-state index in [1.807, 2.05) is 0 Å². The fourth-order valence-corrected chi connectivity index (χ4v) is 1.29. The van der Waals surface area contributed by atoms with Crippen molar-refractivity contribution in [3.8, 4) is 5.75 Å². The molecule has 1 aromatic carbocycles. The molecule has 0 aliphatic rings. The first-order valence-electron chi connectivity index (χ1n) is 4.67. The number of aliphatic carboxylic acids is 1. The maximum absolute atomic E-state index is 10.9. The summed E-state index contributed by atoms with van der Waals surface area (Å²) in [6.07, 6.45) is 0. The Bertz CT molecular complexity index is 357. The number of hydrogen-bond donors (Lipinski definition) is 3. The van der Waals surface area contributed by atoms with Crippen molar-refractivity contribution in [1.29, 1.82) is 0 Å². The lowest BCUT2D eigenvalue weighted by Crippen LogP contribution is -2.49. The average molecular weight is 209 g/mol. The van der Waals surface area contributed by atoms with E-state index < -0.39 is 11.5 Å². The van der Waals surface area contributed by atoms with Crippen molar-refractivity contribution >= 4 is 5.97 Å². The van der Waals surface area contributed by atoms with Crippen LogP contribution in [0.4, 0.5) is 0 Å². The summed E-state index contributed by atoms with van der Waals surface area (Å²) in [5.74, 6) is -1.21. The highest BCUT2D eigenvalue weighted by atomic mass is 16.4. The minimum absolute atomic E-state index is 0.153. The molecule has 0 aromatic heterocycles. The number of benzene rings is 1. The molecule has 0 fully saturated rings. The summed E-state index contributed by atoms with van der Waals surface area (Å²) < 4.78 is 0. The second-order valence-corrected chi connectivity index (χ2v) is 3.90. The van der Waals surface area contributed by atoms with Gasteiger partial charge in [0.2, 0.25) is 0 Å². The zero-order valence-corrected chi connectivity index (χ0v) is 8.77. The molecule has 0 aliphatic carbocycles. The molecular formula is C11H15NO3. The summed E-state index contributed by atoms with van der Waals surface area (Å²) in [7, 11) is 0. The van der Waals surface area contributed by atoms with Gasteiger partial charge in [0.05, 0.1) is 0 Å². The van der Waals surface area contributed by atoms with Gasteiger partial charge in [-0.1, -0.05) is 19.1 Å². The highest BCUT2D eigenvalue weighted by Crippen LogP contribution is 2.27. The molecule has 0 aliphatic heterocycles. The summed E-state index contributed by atoms with van der Waals surface area (Å²) in [6.45, 7) is 3.23. The highest BCUT2D eigenvalue weighted by Gasteiger charge is 2.35. The first kappa shape index (κ1) is 11.5. The Labute approximate surface area is 88.3 Å². The summed E-state index contributed by atoms with van der Waals surface area (Å²) in [5, 5.41) is 18.1. The van der Waals surface area contributed by atoms with Crippen LogP contribution in [0.3, 0.4) is 0 Å². The van der Waals surface area contributed by atoms with Gasteiger partial charge in [-0.3, -0.25) is 4.79 Å². The molecule has 15 heavy (non-hydrogen) atoms. The Morgan fingerprint density at radius 1 is 1.40 bits per heavy atom. The van der Waals surface area contributed by atoms with Gasteiger partial charge in [-0.15, -0.1) is 0 Å². The van der Waals surface area contributed by atoms with Gasteiger partial charge in [0, 0.05) is 5.92 Å². The summed E-state index contributed by atoms with van der Waals surface area (Å²) in [6, 6.07) is 6.38. The zero-order valence-electron chi connectivity index (χ0n) is 8.77. The van der Waals surface area contributed by atoms with Gasteiger partial charge in [0.15, 0.2) is 0 Å². The molecule has 0 unspecified atom stereocenters. The molecule has 4 N–H and O–H groups in total. The topological polar surface area (TPSA) is 83.5 Å². The number of carboxylic acid groups (broad SMARTS) is 1. The molecule has 0 saturated carbocycles. The first-order valence-corrected chi connectivity index (χ1v) is 4.67. The molecular weight excluding hydrogens is 194 g/mol. The molecule has 0 heterocycles. The van der Waals surface area contributed by atoms with Crippen LogP contribution < -0.4 is 5.73 Å². The third-order valence-electron chi connectivity index (χ3n) is 2.75. The zero-order chi connectivity index (χ0) is 11.6. The molecule has 0 amide bonds. The maximum atomic E-state index is 10.9. The van der Waals surface area contributed by atoms with E-state index in [1.54, 1.807) is 19.1 Å². The lowest BCUT2D eigenvalue weighted by atomic mass is 9.83. The normalized spacial score (nSPS) is 16.7. The number of carboxylic acids is 1. The van der Waals surface area contributed by atoms with Crippen LogP contribution in [0.15, 0.2) is 24.3 Å². The van der Waals surface area contributed by atoms with Gasteiger partial charge < -0.3 is 15.9 Å². The molecule has 0 spiro atoms. The van der Waals surface area contributed by atoms with Crippen molar-refractivity contribution in [3.63, 3.8) is 0 Å². The van der Waals surface area contributed by atoms with Crippen LogP contribution in [0, 0.1) is 0 Å². The Morgan fingerprint density at radius 2 is 1.87 bits per heavy atom. The van der Waals surface area contributed by atoms with Crippen LogP contribution >= 0.6 is 0 Å². The smallest absolute Gasteiger partial charge is 0.324 e. The maximum Gasteiger partial charge on any atom is 0.324 e. The van der Waals surface area contributed by atoms with Crippen molar-refractivity contribution in [2.45, 2.75) is 25.3 Å². The molecule has 4 heteroatoms. The largest absolute Gasteiger partial charge is 0.508 e. The van der Waals surface area contributed by atoms with E-state index in [0.29, 0.717) is 0 Å². The van der Waals surface area contributed by atoms with Gasteiger partial charge in [-0.05, 0) is 24.6 Å². The van der Waals surface area contributed by atoms with E-state index in [2.05, 4.69) is 0 Å². The number of phenols is 1. The van der Waals surface area contributed by atoms with E-state index in [1.165, 1.54) is 19.1 Å². The Balaban J connectivity index is 2.99. The van der Waals surface area contributed by atoms with Gasteiger partial charge in [0.1, 0.15) is 11.3 Å². The lowest BCUT2D eigenvalue weighted by Gasteiger charge is -2.27. The van der Waals surface area contributed by atoms with Gasteiger partial charge in [-0.25, -0.2) is 0 Å². The van der Waals surface area contributed by atoms with E-state index in [-0.39, 0.29) is 11.7 Å². The number of rotatable bonds is 3. The Hall–Kier alpha value is -1.55. The van der Waals surface area contributed by atoms with E-state index in [9.17, 15) is 4.79 Å². The minimum atomic E-state index is -1.31. The first-order chi connectivity index (χ1) is 6.85. The molecule has 1 rings (SSSR count). The second-order valence-electron chi connectivity index (χ2n) is 3.90. The summed E-state index contributed by atoms with van der Waals surface area (Å²) in [4.78, 5) is 10.9. The minimum Gasteiger partial charge on any atom is -0.508 e. The molecule has 1 aromatic rings. The average Bonchev–Trinajstić information content (AvgIpc) is 2.17. The Kier molecular flexibility index (Phi) is 3.00. The van der Waals surface area contributed by atoms with E-state index in [4.69, 9.17) is 15.9 Å². The number of phenolic OH excluding ortho intramolecular Hbond substituents is 1. The van der Waals surface area contributed by atoms with Crippen LogP contribution in [0.1, 0.15) is 25.3 Å². The van der Waals surface area contributed by atoms with E-state index in [0.717, 1.165) is 5.56 Å². The monoisotopic (exact) mass is 209 g/mol. The highest BCUT2D eigenvalue weighted by molar-refractivity contribution is 5.79. The fraction of sp³-hybridized carbons (Fsp3) is 0.364. The predicted octanol–water partition coefficient (Wildman–Crippen LogP) is 1.30. The third-order valence-corrected chi connectivity index (χ3v) is 2.75. The van der Waals surface area contributed by atoms with Crippen LogP contribution in [0.2, 0.25) is 0 Å². The molecule has 0 radical (unpaired) electrons. The Morgan fingerprint density at radius 3 is 2.27 bits per heavy atom. The van der Waals surface area contributed by atoms with Crippen LogP contribution in [0.25, 0.3) is 0 Å². The number of hydrogen-bond acceptors (Lipinski definition) is 3. The number of nitrogens with two attached hydrogens (primary N) is 1. The number of carbonyl (C=O) groups is 1. The van der Waals surface area contributed by atoms with Gasteiger partial charge in [-0.2, -0.15) is 0 Å². The summed E-state index contributed by atoms with van der Waals surface area (Å²) in [5.41, 5.74) is 5.19. The molecule has 0 bridgehead atoms. The molecule has 2 atom stereocenters. The van der Waals surface area contributed by atoms with Crippen molar-refractivity contribution < 1.29 is 15.0 Å². The second kappa shape index (κ2) is 3.90. The van der Waals surface area contributed by atoms with E-state index >= 15 is 0 Å². The fourth-order valence-electron chi connectivity index (χ4n) is 1.29. The van der Waals surface area contributed by atoms with Crippen molar-refractivity contribution in [3.05, 3.63) is 29.8 Å². The van der Waals surface area contributed by atoms with Crippen molar-refractivity contribution in [2.24, 2.45) is 5.73 Å². The predicted molar refractivity (Wildman–Crippen MR) is 56.8 cm³/mol. The number of aromatic hydroxyl groups is 1. The molecule has 0 saturated heterocycles. The molecule has 4 nitrogen and oxygen atoms in total. The lowest BCUT2D eigenvalue weighted by molar-refractivity contribution is -0.143.